The zero-order valence-electron chi connectivity index (χ0n) is 21.4. The van der Waals surface area contributed by atoms with E-state index in [9.17, 15) is 18.8 Å². The summed E-state index contributed by atoms with van der Waals surface area (Å²) in [7, 11) is 0. The number of rotatable bonds is 9. The summed E-state index contributed by atoms with van der Waals surface area (Å²) in [4.78, 5) is 39.1. The fraction of sp³-hybridized carbons (Fsp3) is 0.0645. The van der Waals surface area contributed by atoms with Gasteiger partial charge in [0.2, 0.25) is 5.91 Å². The van der Waals surface area contributed by atoms with E-state index in [1.54, 1.807) is 72.8 Å². The van der Waals surface area contributed by atoms with Crippen molar-refractivity contribution in [1.29, 1.82) is 0 Å². The number of amides is 3. The summed E-state index contributed by atoms with van der Waals surface area (Å²) < 4.78 is 14.3. The molecule has 0 aliphatic carbocycles. The highest BCUT2D eigenvalue weighted by Crippen LogP contribution is 2.23. The number of benzene rings is 4. The van der Waals surface area contributed by atoms with Crippen molar-refractivity contribution in [3.8, 4) is 0 Å². The standard InChI is InChI=1S/C31H25ClFN3O3S/c1-20-11-12-23(32)18-27(20)35-29(37)19-40-25-15-13-24(14-16-25)34-31(39)28(17-22-9-5-6-10-26(22)33)36-30(38)21-7-3-2-4-8-21/h2-18H,19H2,1H3,(H,34,39)(H,35,37)(H,36,38)/b28-17-. The molecule has 202 valence electrons. The van der Waals surface area contributed by atoms with E-state index in [1.165, 1.54) is 36.0 Å². The Morgan fingerprint density at radius 2 is 1.57 bits per heavy atom. The van der Waals surface area contributed by atoms with Gasteiger partial charge >= 0.3 is 0 Å². The molecule has 0 atom stereocenters. The number of carbonyl (C=O) groups excluding carboxylic acids is 3. The van der Waals surface area contributed by atoms with E-state index < -0.39 is 17.6 Å². The predicted molar refractivity (Wildman–Crippen MR) is 159 cm³/mol. The molecule has 0 heterocycles. The maximum atomic E-state index is 14.3. The van der Waals surface area contributed by atoms with Gasteiger partial charge in [0.05, 0.1) is 5.75 Å². The maximum Gasteiger partial charge on any atom is 0.272 e. The topological polar surface area (TPSA) is 87.3 Å². The molecule has 0 aliphatic heterocycles. The van der Waals surface area contributed by atoms with E-state index in [0.29, 0.717) is 22.0 Å². The van der Waals surface area contributed by atoms with Crippen LogP contribution in [0.3, 0.4) is 0 Å². The van der Waals surface area contributed by atoms with Crippen LogP contribution in [-0.4, -0.2) is 23.5 Å². The number of nitrogens with one attached hydrogen (secondary N) is 3. The van der Waals surface area contributed by atoms with Crippen LogP contribution in [0.2, 0.25) is 5.02 Å². The molecule has 0 unspecified atom stereocenters. The van der Waals surface area contributed by atoms with Gasteiger partial charge < -0.3 is 16.0 Å². The molecule has 6 nitrogen and oxygen atoms in total. The van der Waals surface area contributed by atoms with Crippen LogP contribution in [0.4, 0.5) is 15.8 Å². The summed E-state index contributed by atoms with van der Waals surface area (Å²) in [5, 5.41) is 8.71. The Labute approximate surface area is 240 Å². The Morgan fingerprint density at radius 1 is 0.875 bits per heavy atom. The summed E-state index contributed by atoms with van der Waals surface area (Å²) in [6.07, 6.45) is 1.29. The zero-order chi connectivity index (χ0) is 28.5. The molecule has 0 saturated carbocycles. The number of carbonyl (C=O) groups is 3. The molecule has 0 fully saturated rings. The fourth-order valence-corrected chi connectivity index (χ4v) is 4.46. The minimum atomic E-state index is -0.621. The Morgan fingerprint density at radius 3 is 2.30 bits per heavy atom. The Bertz CT molecular complexity index is 1560. The van der Waals surface area contributed by atoms with Gasteiger partial charge in [-0.05, 0) is 73.2 Å². The quantitative estimate of drug-likeness (QED) is 0.150. The third kappa shape index (κ3) is 8.05. The van der Waals surface area contributed by atoms with E-state index in [1.807, 2.05) is 13.0 Å². The lowest BCUT2D eigenvalue weighted by atomic mass is 10.1. The van der Waals surface area contributed by atoms with Gasteiger partial charge in [0.1, 0.15) is 11.5 Å². The van der Waals surface area contributed by atoms with Crippen LogP contribution in [0, 0.1) is 12.7 Å². The van der Waals surface area contributed by atoms with Crippen molar-refractivity contribution in [3.63, 3.8) is 0 Å². The highest BCUT2D eigenvalue weighted by molar-refractivity contribution is 8.00. The number of thioether (sulfide) groups is 1. The normalized spacial score (nSPS) is 11.0. The zero-order valence-corrected chi connectivity index (χ0v) is 23.0. The number of hydrogen-bond donors (Lipinski definition) is 3. The van der Waals surface area contributed by atoms with Crippen LogP contribution in [0.15, 0.2) is 108 Å². The minimum absolute atomic E-state index is 0.120. The van der Waals surface area contributed by atoms with Crippen LogP contribution in [-0.2, 0) is 9.59 Å². The van der Waals surface area contributed by atoms with Crippen molar-refractivity contribution in [1.82, 2.24) is 5.32 Å². The number of anilines is 2. The molecule has 4 aromatic carbocycles. The second-order valence-corrected chi connectivity index (χ2v) is 10.2. The van der Waals surface area contributed by atoms with Gasteiger partial charge in [0.25, 0.3) is 11.8 Å². The third-order valence-corrected chi connectivity index (χ3v) is 6.94. The second-order valence-electron chi connectivity index (χ2n) is 8.67. The average molecular weight is 574 g/mol. The van der Waals surface area contributed by atoms with E-state index >= 15 is 0 Å². The summed E-state index contributed by atoms with van der Waals surface area (Å²) in [5.74, 6) is -1.65. The first-order valence-corrected chi connectivity index (χ1v) is 13.6. The molecule has 0 bridgehead atoms. The molecular weight excluding hydrogens is 549 g/mol. The molecule has 0 aromatic heterocycles. The highest BCUT2D eigenvalue weighted by atomic mass is 35.5. The predicted octanol–water partition coefficient (Wildman–Crippen LogP) is 6.93. The van der Waals surface area contributed by atoms with Crippen LogP contribution < -0.4 is 16.0 Å². The van der Waals surface area contributed by atoms with Gasteiger partial charge in [-0.3, -0.25) is 14.4 Å². The van der Waals surface area contributed by atoms with Crippen LogP contribution in [0.5, 0.6) is 0 Å². The summed E-state index contributed by atoms with van der Waals surface area (Å²) in [6, 6.07) is 26.5. The summed E-state index contributed by atoms with van der Waals surface area (Å²) in [5.41, 5.74) is 2.41. The molecule has 0 saturated heterocycles. The molecule has 3 amide bonds. The highest BCUT2D eigenvalue weighted by Gasteiger charge is 2.16. The first-order valence-electron chi connectivity index (χ1n) is 12.2. The fourth-order valence-electron chi connectivity index (χ4n) is 3.59. The molecule has 40 heavy (non-hydrogen) atoms. The molecule has 4 rings (SSSR count). The molecule has 3 N–H and O–H groups in total. The molecule has 0 aliphatic rings. The summed E-state index contributed by atoms with van der Waals surface area (Å²) in [6.45, 7) is 1.89. The first kappa shape index (κ1) is 28.6. The van der Waals surface area contributed by atoms with E-state index in [2.05, 4.69) is 16.0 Å². The van der Waals surface area contributed by atoms with Crippen molar-refractivity contribution in [2.24, 2.45) is 0 Å². The summed E-state index contributed by atoms with van der Waals surface area (Å²) >= 11 is 7.35. The lowest BCUT2D eigenvalue weighted by Crippen LogP contribution is -2.30. The van der Waals surface area contributed by atoms with Crippen molar-refractivity contribution >= 4 is 58.5 Å². The number of halogens is 2. The van der Waals surface area contributed by atoms with Crippen LogP contribution in [0.25, 0.3) is 6.08 Å². The van der Waals surface area contributed by atoms with Crippen molar-refractivity contribution in [2.45, 2.75) is 11.8 Å². The van der Waals surface area contributed by atoms with Gasteiger partial charge in [-0.2, -0.15) is 0 Å². The first-order chi connectivity index (χ1) is 19.3. The van der Waals surface area contributed by atoms with Crippen LogP contribution >= 0.6 is 23.4 Å². The second kappa shape index (κ2) is 13.6. The van der Waals surface area contributed by atoms with Crippen LogP contribution in [0.1, 0.15) is 21.5 Å². The van der Waals surface area contributed by atoms with Crippen molar-refractivity contribution in [2.75, 3.05) is 16.4 Å². The van der Waals surface area contributed by atoms with Gasteiger partial charge in [0, 0.05) is 32.4 Å². The average Bonchev–Trinajstić information content (AvgIpc) is 2.95. The molecular formula is C31H25ClFN3O3S. The largest absolute Gasteiger partial charge is 0.325 e. The maximum absolute atomic E-state index is 14.3. The van der Waals surface area contributed by atoms with Gasteiger partial charge in [-0.1, -0.05) is 54.1 Å². The Balaban J connectivity index is 1.41. The minimum Gasteiger partial charge on any atom is -0.325 e. The van der Waals surface area contributed by atoms with Gasteiger partial charge in [0.15, 0.2) is 0 Å². The molecule has 4 aromatic rings. The Hall–Kier alpha value is -4.40. The van der Waals surface area contributed by atoms with E-state index in [-0.39, 0.29) is 22.9 Å². The van der Waals surface area contributed by atoms with Gasteiger partial charge in [-0.15, -0.1) is 11.8 Å². The number of hydrogen-bond acceptors (Lipinski definition) is 4. The Kier molecular flexibility index (Phi) is 9.72. The molecule has 9 heteroatoms. The van der Waals surface area contributed by atoms with E-state index in [4.69, 9.17) is 11.6 Å². The van der Waals surface area contributed by atoms with E-state index in [0.717, 1.165) is 10.5 Å². The lowest BCUT2D eigenvalue weighted by molar-refractivity contribution is -0.114. The number of aryl methyl sites for hydroxylation is 1. The third-order valence-electron chi connectivity index (χ3n) is 5.69. The molecule has 0 spiro atoms. The SMILES string of the molecule is Cc1ccc(Cl)cc1NC(=O)CSc1ccc(NC(=O)/C(=C/c2ccccc2F)NC(=O)c2ccccc2)cc1. The smallest absolute Gasteiger partial charge is 0.272 e. The monoisotopic (exact) mass is 573 g/mol. The van der Waals surface area contributed by atoms with Crippen molar-refractivity contribution < 1.29 is 18.8 Å². The molecule has 0 radical (unpaired) electrons. The van der Waals surface area contributed by atoms with Gasteiger partial charge in [-0.25, -0.2) is 4.39 Å². The van der Waals surface area contributed by atoms with Crippen molar-refractivity contribution in [3.05, 3.63) is 130 Å². The lowest BCUT2D eigenvalue weighted by Gasteiger charge is -2.12.